The fourth-order valence-electron chi connectivity index (χ4n) is 1.31. The van der Waals surface area contributed by atoms with Crippen molar-refractivity contribution in [3.63, 3.8) is 0 Å². The van der Waals surface area contributed by atoms with Gasteiger partial charge in [-0.3, -0.25) is 0 Å². The summed E-state index contributed by atoms with van der Waals surface area (Å²) in [7, 11) is -1.33. The van der Waals surface area contributed by atoms with Crippen LogP contribution in [0.4, 0.5) is 0 Å². The SMILES string of the molecule is CCO[Si](C)(C)CCCSC(C)CN. The molecule has 1 unspecified atom stereocenters. The molecule has 0 saturated heterocycles. The van der Waals surface area contributed by atoms with Crippen molar-refractivity contribution in [3.05, 3.63) is 0 Å². The maximum absolute atomic E-state index is 5.77. The van der Waals surface area contributed by atoms with E-state index in [1.165, 1.54) is 18.2 Å². The highest BCUT2D eigenvalue weighted by atomic mass is 32.2. The molecular formula is C10H25NOSSi. The molecule has 0 heterocycles. The van der Waals surface area contributed by atoms with Crippen molar-refractivity contribution >= 4 is 20.1 Å². The Hall–Kier alpha value is 0.487. The lowest BCUT2D eigenvalue weighted by molar-refractivity contribution is 0.328. The Kier molecular flexibility index (Phi) is 8.01. The molecule has 2 N–H and O–H groups in total. The van der Waals surface area contributed by atoms with Crippen LogP contribution < -0.4 is 5.73 Å². The van der Waals surface area contributed by atoms with Crippen LogP contribution in [-0.2, 0) is 4.43 Å². The fraction of sp³-hybridized carbons (Fsp3) is 1.00. The van der Waals surface area contributed by atoms with Gasteiger partial charge in [0.25, 0.3) is 0 Å². The van der Waals surface area contributed by atoms with Gasteiger partial charge in [0.15, 0.2) is 8.32 Å². The molecule has 0 bridgehead atoms. The van der Waals surface area contributed by atoms with E-state index >= 15 is 0 Å². The predicted molar refractivity (Wildman–Crippen MR) is 69.5 cm³/mol. The highest BCUT2D eigenvalue weighted by Crippen LogP contribution is 2.18. The van der Waals surface area contributed by atoms with Gasteiger partial charge in [0.05, 0.1) is 0 Å². The minimum Gasteiger partial charge on any atom is -0.418 e. The van der Waals surface area contributed by atoms with Gasteiger partial charge in [-0.1, -0.05) is 6.92 Å². The van der Waals surface area contributed by atoms with Crippen molar-refractivity contribution in [1.82, 2.24) is 0 Å². The molecule has 0 amide bonds. The van der Waals surface area contributed by atoms with Gasteiger partial charge in [-0.25, -0.2) is 0 Å². The molecule has 0 radical (unpaired) electrons. The van der Waals surface area contributed by atoms with E-state index in [0.717, 1.165) is 13.2 Å². The molecule has 0 aromatic heterocycles. The number of rotatable bonds is 8. The van der Waals surface area contributed by atoms with E-state index in [4.69, 9.17) is 10.2 Å². The Balaban J connectivity index is 3.43. The van der Waals surface area contributed by atoms with Gasteiger partial charge < -0.3 is 10.2 Å². The minimum absolute atomic E-state index is 0.604. The second-order valence-corrected chi connectivity index (χ2v) is 10.1. The summed E-state index contributed by atoms with van der Waals surface area (Å²) < 4.78 is 5.77. The summed E-state index contributed by atoms with van der Waals surface area (Å²) in [5, 5.41) is 0.604. The molecule has 1 atom stereocenters. The molecule has 86 valence electrons. The summed E-state index contributed by atoms with van der Waals surface area (Å²) in [5.74, 6) is 1.22. The van der Waals surface area contributed by atoms with E-state index in [9.17, 15) is 0 Å². The Labute approximate surface area is 94.1 Å². The first-order chi connectivity index (χ1) is 6.52. The van der Waals surface area contributed by atoms with Gasteiger partial charge in [-0.15, -0.1) is 0 Å². The Morgan fingerprint density at radius 3 is 2.57 bits per heavy atom. The highest BCUT2D eigenvalue weighted by molar-refractivity contribution is 7.99. The monoisotopic (exact) mass is 235 g/mol. The number of hydrogen-bond acceptors (Lipinski definition) is 3. The Bertz CT molecular complexity index is 144. The molecule has 4 heteroatoms. The maximum atomic E-state index is 5.77. The first-order valence-electron chi connectivity index (χ1n) is 5.47. The summed E-state index contributed by atoms with van der Waals surface area (Å²) in [4.78, 5) is 0. The lowest BCUT2D eigenvalue weighted by Crippen LogP contribution is -2.30. The first kappa shape index (κ1) is 14.5. The van der Waals surface area contributed by atoms with Crippen LogP contribution >= 0.6 is 11.8 Å². The van der Waals surface area contributed by atoms with Gasteiger partial charge in [0, 0.05) is 18.4 Å². The van der Waals surface area contributed by atoms with E-state index in [2.05, 4.69) is 26.9 Å². The van der Waals surface area contributed by atoms with Gasteiger partial charge in [0.2, 0.25) is 0 Å². The van der Waals surface area contributed by atoms with E-state index in [1.807, 2.05) is 11.8 Å². The topological polar surface area (TPSA) is 35.2 Å². The second kappa shape index (κ2) is 7.74. The normalized spacial score (nSPS) is 14.4. The number of thioether (sulfide) groups is 1. The molecule has 0 rings (SSSR count). The molecule has 14 heavy (non-hydrogen) atoms. The van der Waals surface area contributed by atoms with E-state index in [0.29, 0.717) is 5.25 Å². The van der Waals surface area contributed by atoms with Crippen molar-refractivity contribution in [3.8, 4) is 0 Å². The molecule has 0 aromatic carbocycles. The first-order valence-corrected chi connectivity index (χ1v) is 9.64. The fourth-order valence-corrected chi connectivity index (χ4v) is 4.37. The van der Waals surface area contributed by atoms with Crippen molar-refractivity contribution in [2.24, 2.45) is 5.73 Å². The molecule has 0 aliphatic heterocycles. The quantitative estimate of drug-likeness (QED) is 0.519. The summed E-state index contributed by atoms with van der Waals surface area (Å²) in [6.45, 7) is 10.5. The molecule has 0 aliphatic carbocycles. The van der Waals surface area contributed by atoms with Gasteiger partial charge in [0.1, 0.15) is 0 Å². The zero-order valence-corrected chi connectivity index (χ0v) is 11.8. The van der Waals surface area contributed by atoms with Gasteiger partial charge >= 0.3 is 0 Å². The molecular weight excluding hydrogens is 210 g/mol. The van der Waals surface area contributed by atoms with Crippen LogP contribution in [0.2, 0.25) is 19.1 Å². The summed E-state index contributed by atoms with van der Waals surface area (Å²) >= 11 is 1.98. The summed E-state index contributed by atoms with van der Waals surface area (Å²) in [6, 6.07) is 1.27. The lowest BCUT2D eigenvalue weighted by Gasteiger charge is -2.21. The van der Waals surface area contributed by atoms with Crippen LogP contribution in [0.15, 0.2) is 0 Å². The maximum Gasteiger partial charge on any atom is 0.186 e. The average Bonchev–Trinajstić information content (AvgIpc) is 2.12. The van der Waals surface area contributed by atoms with Crippen LogP contribution in [0.25, 0.3) is 0 Å². The van der Waals surface area contributed by atoms with E-state index in [1.54, 1.807) is 0 Å². The third kappa shape index (κ3) is 7.85. The Morgan fingerprint density at radius 2 is 2.07 bits per heavy atom. The lowest BCUT2D eigenvalue weighted by atomic mass is 10.5. The largest absolute Gasteiger partial charge is 0.418 e. The molecule has 2 nitrogen and oxygen atoms in total. The minimum atomic E-state index is -1.33. The van der Waals surface area contributed by atoms with Gasteiger partial charge in [-0.05, 0) is 38.2 Å². The van der Waals surface area contributed by atoms with E-state index < -0.39 is 8.32 Å². The van der Waals surface area contributed by atoms with Crippen LogP contribution in [-0.4, -0.2) is 32.5 Å². The summed E-state index contributed by atoms with van der Waals surface area (Å²) in [6.07, 6.45) is 1.27. The van der Waals surface area contributed by atoms with Crippen LogP contribution in [0.1, 0.15) is 20.3 Å². The zero-order valence-electron chi connectivity index (χ0n) is 10.0. The molecule has 0 saturated carbocycles. The molecule has 0 aliphatic rings. The smallest absolute Gasteiger partial charge is 0.186 e. The predicted octanol–water partition coefficient (Wildman–Crippen LogP) is 2.70. The van der Waals surface area contributed by atoms with Crippen molar-refractivity contribution in [2.45, 2.75) is 44.7 Å². The highest BCUT2D eigenvalue weighted by Gasteiger charge is 2.20. The summed E-state index contributed by atoms with van der Waals surface area (Å²) in [5.41, 5.74) is 5.55. The standard InChI is InChI=1S/C10H25NOSSi/c1-5-12-14(3,4)8-6-7-13-10(2)9-11/h10H,5-9,11H2,1-4H3. The average molecular weight is 235 g/mol. The second-order valence-electron chi connectivity index (χ2n) is 4.21. The number of hydrogen-bond donors (Lipinski definition) is 1. The molecule has 0 fully saturated rings. The van der Waals surface area contributed by atoms with Crippen LogP contribution in [0, 0.1) is 0 Å². The van der Waals surface area contributed by atoms with Crippen LogP contribution in [0.5, 0.6) is 0 Å². The molecule has 0 spiro atoms. The zero-order chi connectivity index (χ0) is 11.0. The van der Waals surface area contributed by atoms with Gasteiger partial charge in [-0.2, -0.15) is 11.8 Å². The van der Waals surface area contributed by atoms with E-state index in [-0.39, 0.29) is 0 Å². The third-order valence-electron chi connectivity index (χ3n) is 2.19. The van der Waals surface area contributed by atoms with Crippen molar-refractivity contribution in [1.29, 1.82) is 0 Å². The van der Waals surface area contributed by atoms with Crippen LogP contribution in [0.3, 0.4) is 0 Å². The third-order valence-corrected chi connectivity index (χ3v) is 6.11. The Morgan fingerprint density at radius 1 is 1.43 bits per heavy atom. The van der Waals surface area contributed by atoms with Crippen molar-refractivity contribution < 1.29 is 4.43 Å². The number of nitrogens with two attached hydrogens (primary N) is 1. The van der Waals surface area contributed by atoms with Crippen molar-refractivity contribution in [2.75, 3.05) is 18.9 Å². The molecule has 0 aromatic rings.